The number of amides is 1. The van der Waals surface area contributed by atoms with Gasteiger partial charge in [0, 0.05) is 19.6 Å². The molecule has 0 spiro atoms. The molecule has 2 atom stereocenters. The van der Waals surface area contributed by atoms with E-state index in [2.05, 4.69) is 15.6 Å². The van der Waals surface area contributed by atoms with Crippen LogP contribution in [0.4, 0.5) is 0 Å². The van der Waals surface area contributed by atoms with Gasteiger partial charge in [-0.25, -0.2) is 4.98 Å². The van der Waals surface area contributed by atoms with Gasteiger partial charge in [-0.15, -0.1) is 11.3 Å². The maximum atomic E-state index is 12.4. The van der Waals surface area contributed by atoms with Crippen LogP contribution in [0.25, 0.3) is 10.2 Å². The standard InChI is InChI=1S/C18H24N4O3S/c23-15(3-8-22-11-20-17-13(18(22)24)5-10-26-17)21-14-4-9-25-16(14)12-1-6-19-7-2-12/h5,10-12,14,16,19H,1-4,6-9H2,(H,21,23)/t14-,16+/m1/s1. The first-order valence-corrected chi connectivity index (χ1v) is 10.1. The monoisotopic (exact) mass is 376 g/mol. The van der Waals surface area contributed by atoms with Crippen LogP contribution < -0.4 is 16.2 Å². The topological polar surface area (TPSA) is 85.2 Å². The zero-order valence-corrected chi connectivity index (χ0v) is 15.5. The third kappa shape index (κ3) is 3.67. The number of fused-ring (bicyclic) bond motifs is 1. The molecule has 0 unspecified atom stereocenters. The Balaban J connectivity index is 1.34. The molecule has 0 saturated carbocycles. The van der Waals surface area contributed by atoms with E-state index in [0.29, 0.717) is 24.5 Å². The van der Waals surface area contributed by atoms with E-state index in [0.717, 1.165) is 37.2 Å². The van der Waals surface area contributed by atoms with Crippen molar-refractivity contribution in [2.75, 3.05) is 19.7 Å². The molecule has 1 amide bonds. The largest absolute Gasteiger partial charge is 0.376 e. The van der Waals surface area contributed by atoms with Crippen LogP contribution in [0.1, 0.15) is 25.7 Å². The normalized spacial score (nSPS) is 24.2. The minimum Gasteiger partial charge on any atom is -0.376 e. The van der Waals surface area contributed by atoms with Gasteiger partial charge in [-0.05, 0) is 49.7 Å². The molecule has 2 aromatic heterocycles. The van der Waals surface area contributed by atoms with E-state index in [1.807, 2.05) is 5.38 Å². The smallest absolute Gasteiger partial charge is 0.262 e. The van der Waals surface area contributed by atoms with Gasteiger partial charge in [-0.1, -0.05) is 0 Å². The average Bonchev–Trinajstić information content (AvgIpc) is 3.31. The molecule has 2 aliphatic rings. The molecule has 8 heteroatoms. The van der Waals surface area contributed by atoms with E-state index >= 15 is 0 Å². The van der Waals surface area contributed by atoms with Crippen molar-refractivity contribution in [3.05, 3.63) is 28.1 Å². The summed E-state index contributed by atoms with van der Waals surface area (Å²) in [6.07, 6.45) is 4.98. The number of hydrogen-bond donors (Lipinski definition) is 2. The number of rotatable bonds is 5. The summed E-state index contributed by atoms with van der Waals surface area (Å²) in [5, 5.41) is 8.97. The lowest BCUT2D eigenvalue weighted by molar-refractivity contribution is -0.122. The number of thiophene rings is 1. The molecular formula is C18H24N4O3S. The summed E-state index contributed by atoms with van der Waals surface area (Å²) in [4.78, 5) is 29.8. The number of nitrogens with zero attached hydrogens (tertiary/aromatic N) is 2. The summed E-state index contributed by atoms with van der Waals surface area (Å²) in [5.74, 6) is 0.480. The molecule has 4 rings (SSSR count). The molecule has 2 saturated heterocycles. The zero-order valence-electron chi connectivity index (χ0n) is 14.6. The van der Waals surface area contributed by atoms with Crippen LogP contribution in [0.2, 0.25) is 0 Å². The highest BCUT2D eigenvalue weighted by molar-refractivity contribution is 7.16. The summed E-state index contributed by atoms with van der Waals surface area (Å²) < 4.78 is 7.44. The maximum Gasteiger partial charge on any atom is 0.262 e. The molecule has 7 nitrogen and oxygen atoms in total. The number of aryl methyl sites for hydroxylation is 1. The van der Waals surface area contributed by atoms with E-state index < -0.39 is 0 Å². The lowest BCUT2D eigenvalue weighted by Crippen LogP contribution is -2.46. The van der Waals surface area contributed by atoms with E-state index in [1.54, 1.807) is 6.07 Å². The Morgan fingerprint density at radius 2 is 2.23 bits per heavy atom. The minimum absolute atomic E-state index is 0.0308. The molecule has 0 radical (unpaired) electrons. The summed E-state index contributed by atoms with van der Waals surface area (Å²) in [6, 6.07) is 1.87. The highest BCUT2D eigenvalue weighted by atomic mass is 32.1. The number of ether oxygens (including phenoxy) is 1. The van der Waals surface area contributed by atoms with Crippen LogP contribution in [-0.2, 0) is 16.1 Å². The number of carbonyl (C=O) groups is 1. The molecule has 2 fully saturated rings. The van der Waals surface area contributed by atoms with Gasteiger partial charge in [0.15, 0.2) is 0 Å². The number of carbonyl (C=O) groups excluding carboxylic acids is 1. The second kappa shape index (κ2) is 7.85. The Labute approximate surface area is 155 Å². The lowest BCUT2D eigenvalue weighted by atomic mass is 9.88. The number of hydrogen-bond acceptors (Lipinski definition) is 6. The SMILES string of the molecule is O=C(CCn1cnc2sccc2c1=O)N[C@@H]1CCO[C@H]1C1CCNCC1. The van der Waals surface area contributed by atoms with Gasteiger partial charge in [0.25, 0.3) is 5.56 Å². The second-order valence-corrected chi connectivity index (χ2v) is 7.91. The third-order valence-corrected chi connectivity index (χ3v) is 6.18. The van der Waals surface area contributed by atoms with Gasteiger partial charge < -0.3 is 15.4 Å². The van der Waals surface area contributed by atoms with Gasteiger partial charge in [0.1, 0.15) is 4.83 Å². The van der Waals surface area contributed by atoms with Gasteiger partial charge in [0.05, 0.1) is 23.9 Å². The average molecular weight is 376 g/mol. The van der Waals surface area contributed by atoms with E-state index in [4.69, 9.17) is 4.74 Å². The van der Waals surface area contributed by atoms with Gasteiger partial charge in [-0.2, -0.15) is 0 Å². The van der Waals surface area contributed by atoms with Crippen LogP contribution in [-0.4, -0.2) is 47.3 Å². The number of piperidine rings is 1. The fourth-order valence-corrected chi connectivity index (χ4v) is 4.68. The minimum atomic E-state index is -0.0826. The van der Waals surface area contributed by atoms with Crippen molar-refractivity contribution in [3.8, 4) is 0 Å². The fourth-order valence-electron chi connectivity index (χ4n) is 3.96. The molecule has 2 aromatic rings. The molecule has 4 heterocycles. The van der Waals surface area contributed by atoms with E-state index in [1.165, 1.54) is 22.2 Å². The van der Waals surface area contributed by atoms with E-state index in [9.17, 15) is 9.59 Å². The van der Waals surface area contributed by atoms with Crippen LogP contribution in [0.15, 0.2) is 22.6 Å². The zero-order chi connectivity index (χ0) is 17.9. The summed E-state index contributed by atoms with van der Waals surface area (Å²) in [5.41, 5.74) is -0.0826. The Morgan fingerprint density at radius 3 is 3.08 bits per heavy atom. The molecule has 140 valence electrons. The Bertz CT molecular complexity index is 827. The molecule has 2 N–H and O–H groups in total. The molecule has 0 aliphatic carbocycles. The summed E-state index contributed by atoms with van der Waals surface area (Å²) >= 11 is 1.45. The van der Waals surface area contributed by atoms with Crippen molar-refractivity contribution >= 4 is 27.5 Å². The molecule has 26 heavy (non-hydrogen) atoms. The first-order chi connectivity index (χ1) is 12.7. The molecule has 0 aromatic carbocycles. The van der Waals surface area contributed by atoms with Crippen molar-refractivity contribution in [3.63, 3.8) is 0 Å². The van der Waals surface area contributed by atoms with Crippen molar-refractivity contribution < 1.29 is 9.53 Å². The number of aromatic nitrogens is 2. The van der Waals surface area contributed by atoms with Crippen molar-refractivity contribution in [1.82, 2.24) is 20.2 Å². The van der Waals surface area contributed by atoms with Crippen molar-refractivity contribution in [1.29, 1.82) is 0 Å². The van der Waals surface area contributed by atoms with Gasteiger partial charge in [-0.3, -0.25) is 14.2 Å². The fraction of sp³-hybridized carbons (Fsp3) is 0.611. The number of nitrogens with one attached hydrogen (secondary N) is 2. The second-order valence-electron chi connectivity index (χ2n) is 7.02. The van der Waals surface area contributed by atoms with Gasteiger partial charge in [0.2, 0.25) is 5.91 Å². The lowest BCUT2D eigenvalue weighted by Gasteiger charge is -2.31. The van der Waals surface area contributed by atoms with Crippen molar-refractivity contribution in [2.45, 2.75) is 44.4 Å². The first-order valence-electron chi connectivity index (χ1n) is 9.27. The molecule has 0 bridgehead atoms. The van der Waals surface area contributed by atoms with E-state index in [-0.39, 0.29) is 30.0 Å². The summed E-state index contributed by atoms with van der Waals surface area (Å²) in [6.45, 7) is 3.09. The maximum absolute atomic E-state index is 12.4. The van der Waals surface area contributed by atoms with Crippen LogP contribution in [0.5, 0.6) is 0 Å². The predicted octanol–water partition coefficient (Wildman–Crippen LogP) is 1.12. The first kappa shape index (κ1) is 17.6. The molecule has 2 aliphatic heterocycles. The van der Waals surface area contributed by atoms with Crippen LogP contribution in [0, 0.1) is 5.92 Å². The van der Waals surface area contributed by atoms with Gasteiger partial charge >= 0.3 is 0 Å². The van der Waals surface area contributed by atoms with Crippen LogP contribution >= 0.6 is 11.3 Å². The highest BCUT2D eigenvalue weighted by Crippen LogP contribution is 2.27. The quantitative estimate of drug-likeness (QED) is 0.817. The Morgan fingerprint density at radius 1 is 1.38 bits per heavy atom. The predicted molar refractivity (Wildman–Crippen MR) is 100 cm³/mol. The highest BCUT2D eigenvalue weighted by Gasteiger charge is 2.36. The van der Waals surface area contributed by atoms with Crippen LogP contribution in [0.3, 0.4) is 0 Å². The summed E-state index contributed by atoms with van der Waals surface area (Å²) in [7, 11) is 0. The third-order valence-electron chi connectivity index (χ3n) is 5.36. The van der Waals surface area contributed by atoms with Crippen molar-refractivity contribution in [2.24, 2.45) is 5.92 Å². The Kier molecular flexibility index (Phi) is 5.33. The Hall–Kier alpha value is -1.77. The molecular weight excluding hydrogens is 352 g/mol.